The predicted octanol–water partition coefficient (Wildman–Crippen LogP) is 5.51. The van der Waals surface area contributed by atoms with Crippen LogP contribution in [0.5, 0.6) is 0 Å². The standard InChI is InChI=1S/C10H18.C5H10/c1-3-4-5-10-7-6-9(2)8-10;1-3-5-4-2/h5,9H,3-4,6-8H2,1-2H3;3,5H,4H2,1-2H3. The lowest BCUT2D eigenvalue weighted by Crippen LogP contribution is -1.80. The van der Waals surface area contributed by atoms with Gasteiger partial charge in [0, 0.05) is 0 Å². The van der Waals surface area contributed by atoms with E-state index in [-0.39, 0.29) is 0 Å². The highest BCUT2D eigenvalue weighted by Gasteiger charge is 2.13. The Morgan fingerprint density at radius 3 is 2.40 bits per heavy atom. The van der Waals surface area contributed by atoms with E-state index in [0.717, 1.165) is 12.3 Å². The van der Waals surface area contributed by atoms with Gasteiger partial charge in [0.2, 0.25) is 0 Å². The van der Waals surface area contributed by atoms with Crippen LogP contribution >= 0.6 is 0 Å². The van der Waals surface area contributed by atoms with E-state index in [0.29, 0.717) is 0 Å². The fourth-order valence-corrected chi connectivity index (χ4v) is 1.85. The van der Waals surface area contributed by atoms with E-state index in [1.807, 2.05) is 6.92 Å². The first-order chi connectivity index (χ1) is 7.24. The van der Waals surface area contributed by atoms with Crippen molar-refractivity contribution in [2.45, 2.75) is 66.2 Å². The number of unbranched alkanes of at least 4 members (excludes halogenated alkanes) is 1. The van der Waals surface area contributed by atoms with E-state index in [1.165, 1.54) is 32.1 Å². The van der Waals surface area contributed by atoms with Crippen molar-refractivity contribution in [3.63, 3.8) is 0 Å². The van der Waals surface area contributed by atoms with Gasteiger partial charge in [-0.2, -0.15) is 0 Å². The highest BCUT2D eigenvalue weighted by atomic mass is 14.2. The molecular weight excluding hydrogens is 180 g/mol. The fourth-order valence-electron chi connectivity index (χ4n) is 1.85. The van der Waals surface area contributed by atoms with Crippen molar-refractivity contribution in [3.05, 3.63) is 23.8 Å². The van der Waals surface area contributed by atoms with E-state index in [9.17, 15) is 0 Å². The molecule has 1 saturated carbocycles. The van der Waals surface area contributed by atoms with Crippen LogP contribution in [-0.4, -0.2) is 0 Å². The van der Waals surface area contributed by atoms with Crippen molar-refractivity contribution in [1.82, 2.24) is 0 Å². The molecule has 0 aromatic rings. The summed E-state index contributed by atoms with van der Waals surface area (Å²) in [5.41, 5.74) is 1.72. The molecule has 1 rings (SSSR count). The Morgan fingerprint density at radius 1 is 1.33 bits per heavy atom. The van der Waals surface area contributed by atoms with Gasteiger partial charge < -0.3 is 0 Å². The summed E-state index contributed by atoms with van der Waals surface area (Å²) < 4.78 is 0. The second-order valence-electron chi connectivity index (χ2n) is 4.48. The average molecular weight is 208 g/mol. The smallest absolute Gasteiger partial charge is 0.0294 e. The molecule has 0 amide bonds. The molecule has 0 spiro atoms. The summed E-state index contributed by atoms with van der Waals surface area (Å²) >= 11 is 0. The molecule has 1 unspecified atom stereocenters. The first kappa shape index (κ1) is 14.5. The summed E-state index contributed by atoms with van der Waals surface area (Å²) in [5.74, 6) is 0.961. The van der Waals surface area contributed by atoms with Crippen molar-refractivity contribution in [2.75, 3.05) is 0 Å². The van der Waals surface area contributed by atoms with Gasteiger partial charge >= 0.3 is 0 Å². The van der Waals surface area contributed by atoms with Gasteiger partial charge in [-0.25, -0.2) is 0 Å². The van der Waals surface area contributed by atoms with Crippen LogP contribution in [0.15, 0.2) is 23.8 Å². The molecule has 15 heavy (non-hydrogen) atoms. The zero-order valence-corrected chi connectivity index (χ0v) is 11.1. The van der Waals surface area contributed by atoms with E-state index in [2.05, 4.69) is 39.0 Å². The first-order valence-corrected chi connectivity index (χ1v) is 6.53. The molecule has 0 heteroatoms. The molecule has 0 nitrogen and oxygen atoms in total. The minimum Gasteiger partial charge on any atom is -0.0917 e. The summed E-state index contributed by atoms with van der Waals surface area (Å²) in [6.07, 6.45) is 14.6. The van der Waals surface area contributed by atoms with Crippen molar-refractivity contribution < 1.29 is 0 Å². The Bertz CT molecular complexity index is 186. The van der Waals surface area contributed by atoms with Crippen LogP contribution in [0.25, 0.3) is 0 Å². The summed E-state index contributed by atoms with van der Waals surface area (Å²) in [4.78, 5) is 0. The SMILES string of the molecule is CC=CCC.CCCC=C1CCC(C)C1. The molecule has 0 N–H and O–H groups in total. The van der Waals surface area contributed by atoms with Gasteiger partial charge in [0.1, 0.15) is 0 Å². The minimum absolute atomic E-state index is 0.961. The van der Waals surface area contributed by atoms with Crippen LogP contribution < -0.4 is 0 Å². The van der Waals surface area contributed by atoms with Gasteiger partial charge in [0.05, 0.1) is 0 Å². The Balaban J connectivity index is 0.000000336. The highest BCUT2D eigenvalue weighted by molar-refractivity contribution is 5.07. The molecule has 1 aliphatic carbocycles. The monoisotopic (exact) mass is 208 g/mol. The molecule has 0 aromatic heterocycles. The number of rotatable bonds is 3. The van der Waals surface area contributed by atoms with Crippen LogP contribution in [0.3, 0.4) is 0 Å². The number of hydrogen-bond donors (Lipinski definition) is 0. The van der Waals surface area contributed by atoms with Crippen LogP contribution in [0, 0.1) is 5.92 Å². The lowest BCUT2D eigenvalue weighted by Gasteiger charge is -1.95. The number of allylic oxidation sites excluding steroid dienone is 4. The Morgan fingerprint density at radius 2 is 2.07 bits per heavy atom. The van der Waals surface area contributed by atoms with Crippen molar-refractivity contribution in [1.29, 1.82) is 0 Å². The third-order valence-corrected chi connectivity index (χ3v) is 2.76. The van der Waals surface area contributed by atoms with Gasteiger partial charge in [-0.1, -0.05) is 51.0 Å². The van der Waals surface area contributed by atoms with Crippen molar-refractivity contribution in [3.8, 4) is 0 Å². The summed E-state index contributed by atoms with van der Waals surface area (Å²) in [6.45, 7) is 8.76. The third kappa shape index (κ3) is 8.47. The molecule has 1 atom stereocenters. The largest absolute Gasteiger partial charge is 0.0917 e. The molecule has 0 aliphatic heterocycles. The highest BCUT2D eigenvalue weighted by Crippen LogP contribution is 2.29. The molecule has 88 valence electrons. The zero-order chi connectivity index (χ0) is 11.5. The second kappa shape index (κ2) is 10.0. The Hall–Kier alpha value is -0.520. The van der Waals surface area contributed by atoms with Gasteiger partial charge in [-0.15, -0.1) is 0 Å². The zero-order valence-electron chi connectivity index (χ0n) is 11.1. The topological polar surface area (TPSA) is 0 Å². The summed E-state index contributed by atoms with van der Waals surface area (Å²) in [7, 11) is 0. The fraction of sp³-hybridized carbons (Fsp3) is 0.733. The molecule has 0 aromatic carbocycles. The third-order valence-electron chi connectivity index (χ3n) is 2.76. The lowest BCUT2D eigenvalue weighted by atomic mass is 10.1. The normalized spacial score (nSPS) is 23.2. The van der Waals surface area contributed by atoms with E-state index in [1.54, 1.807) is 5.57 Å². The Labute approximate surface area is 96.5 Å². The van der Waals surface area contributed by atoms with Crippen LogP contribution in [0.4, 0.5) is 0 Å². The molecule has 0 bridgehead atoms. The van der Waals surface area contributed by atoms with Crippen LogP contribution in [-0.2, 0) is 0 Å². The van der Waals surface area contributed by atoms with Crippen LogP contribution in [0.2, 0.25) is 0 Å². The molecular formula is C15H28. The molecule has 1 aliphatic rings. The maximum atomic E-state index is 2.45. The maximum absolute atomic E-state index is 2.45. The first-order valence-electron chi connectivity index (χ1n) is 6.53. The summed E-state index contributed by atoms with van der Waals surface area (Å²) in [6, 6.07) is 0. The van der Waals surface area contributed by atoms with Gasteiger partial charge in [-0.3, -0.25) is 0 Å². The van der Waals surface area contributed by atoms with E-state index < -0.39 is 0 Å². The molecule has 1 fully saturated rings. The second-order valence-corrected chi connectivity index (χ2v) is 4.48. The predicted molar refractivity (Wildman–Crippen MR) is 71.1 cm³/mol. The molecule has 0 heterocycles. The van der Waals surface area contributed by atoms with Crippen LogP contribution in [0.1, 0.15) is 66.2 Å². The quantitative estimate of drug-likeness (QED) is 0.537. The average Bonchev–Trinajstić information content (AvgIpc) is 2.63. The van der Waals surface area contributed by atoms with Crippen molar-refractivity contribution >= 4 is 0 Å². The summed E-state index contributed by atoms with van der Waals surface area (Å²) in [5, 5.41) is 0. The van der Waals surface area contributed by atoms with Gasteiger partial charge in [-0.05, 0) is 44.9 Å². The van der Waals surface area contributed by atoms with Gasteiger partial charge in [0.15, 0.2) is 0 Å². The van der Waals surface area contributed by atoms with Crippen molar-refractivity contribution in [2.24, 2.45) is 5.92 Å². The maximum Gasteiger partial charge on any atom is -0.0294 e. The van der Waals surface area contributed by atoms with E-state index in [4.69, 9.17) is 0 Å². The lowest BCUT2D eigenvalue weighted by molar-refractivity contribution is 0.620. The number of hydrogen-bond acceptors (Lipinski definition) is 0. The van der Waals surface area contributed by atoms with Gasteiger partial charge in [0.25, 0.3) is 0 Å². The van der Waals surface area contributed by atoms with E-state index >= 15 is 0 Å². The Kier molecular flexibility index (Phi) is 9.67. The molecule has 0 radical (unpaired) electrons. The minimum atomic E-state index is 0.961. The molecule has 0 saturated heterocycles.